The molecule has 0 saturated heterocycles. The Morgan fingerprint density at radius 3 is 2.37 bits per heavy atom. The van der Waals surface area contributed by atoms with Gasteiger partial charge in [-0.05, 0) is 42.0 Å². The number of benzene rings is 2. The van der Waals surface area contributed by atoms with Gasteiger partial charge in [-0.2, -0.15) is 0 Å². The summed E-state index contributed by atoms with van der Waals surface area (Å²) >= 11 is 0. The number of hydrogen-bond acceptors (Lipinski definition) is 4. The van der Waals surface area contributed by atoms with E-state index in [1.54, 1.807) is 69.6 Å². The second-order valence-corrected chi connectivity index (χ2v) is 5.91. The molecule has 1 N–H and O–H groups in total. The van der Waals surface area contributed by atoms with Crippen molar-refractivity contribution in [3.8, 4) is 11.5 Å². The van der Waals surface area contributed by atoms with Crippen LogP contribution in [0.4, 0.5) is 0 Å². The van der Waals surface area contributed by atoms with Crippen molar-refractivity contribution in [2.75, 3.05) is 28.3 Å². The van der Waals surface area contributed by atoms with Crippen molar-refractivity contribution in [1.29, 1.82) is 0 Å². The molecule has 0 unspecified atom stereocenters. The largest absolute Gasteiger partial charge is 0.497 e. The van der Waals surface area contributed by atoms with Gasteiger partial charge in [0.25, 0.3) is 5.91 Å². The fourth-order valence-corrected chi connectivity index (χ4v) is 2.52. The third kappa shape index (κ3) is 5.34. The maximum Gasteiger partial charge on any atom is 0.251 e. The Bertz CT molecular complexity index is 829. The van der Waals surface area contributed by atoms with Crippen molar-refractivity contribution in [3.63, 3.8) is 0 Å². The lowest BCUT2D eigenvalue weighted by molar-refractivity contribution is -0.125. The number of nitrogens with one attached hydrogen (secondary N) is 1. The maximum atomic E-state index is 12.4. The van der Waals surface area contributed by atoms with Gasteiger partial charge in [0.2, 0.25) is 5.91 Å². The average molecular weight is 368 g/mol. The van der Waals surface area contributed by atoms with E-state index in [1.165, 1.54) is 6.08 Å². The molecule has 0 aromatic heterocycles. The van der Waals surface area contributed by atoms with E-state index in [9.17, 15) is 9.59 Å². The third-order valence-corrected chi connectivity index (χ3v) is 4.08. The van der Waals surface area contributed by atoms with Crippen LogP contribution in [0, 0.1) is 0 Å². The second-order valence-electron chi connectivity index (χ2n) is 5.91. The lowest BCUT2D eigenvalue weighted by Gasteiger charge is -2.15. The van der Waals surface area contributed by atoms with Gasteiger partial charge < -0.3 is 19.7 Å². The Labute approximate surface area is 159 Å². The van der Waals surface area contributed by atoms with Gasteiger partial charge in [-0.15, -0.1) is 0 Å². The van der Waals surface area contributed by atoms with Crippen LogP contribution in [0.5, 0.6) is 11.5 Å². The van der Waals surface area contributed by atoms with Crippen LogP contribution in [0.2, 0.25) is 0 Å². The molecule has 0 saturated carbocycles. The zero-order valence-electron chi connectivity index (χ0n) is 16.0. The second kappa shape index (κ2) is 9.43. The highest BCUT2D eigenvalue weighted by Gasteiger charge is 2.09. The number of amides is 2. The summed E-state index contributed by atoms with van der Waals surface area (Å²) in [6.07, 6.45) is 3.20. The number of hydrogen-bond donors (Lipinski definition) is 1. The summed E-state index contributed by atoms with van der Waals surface area (Å²) in [4.78, 5) is 25.6. The monoisotopic (exact) mass is 368 g/mol. The Balaban J connectivity index is 2.05. The summed E-state index contributed by atoms with van der Waals surface area (Å²) in [6.45, 7) is 0.437. The summed E-state index contributed by atoms with van der Waals surface area (Å²) in [5.74, 6) is 1.07. The molecule has 2 aromatic rings. The number of likely N-dealkylation sites (N-methyl/N-ethyl adjacent to an activating group) is 1. The van der Waals surface area contributed by atoms with Crippen LogP contribution in [0.15, 0.2) is 48.5 Å². The van der Waals surface area contributed by atoms with E-state index < -0.39 is 0 Å². The molecule has 27 heavy (non-hydrogen) atoms. The number of methoxy groups -OCH3 is 2. The van der Waals surface area contributed by atoms with Crippen molar-refractivity contribution in [2.45, 2.75) is 6.54 Å². The molecule has 0 aliphatic heterocycles. The Kier molecular flexibility index (Phi) is 7.00. The predicted molar refractivity (Wildman–Crippen MR) is 105 cm³/mol. The van der Waals surface area contributed by atoms with Crippen molar-refractivity contribution in [3.05, 3.63) is 65.2 Å². The van der Waals surface area contributed by atoms with Crippen LogP contribution in [0.3, 0.4) is 0 Å². The molecule has 0 spiro atoms. The molecular formula is C21H24N2O4. The molecule has 6 nitrogen and oxygen atoms in total. The number of ether oxygens (including phenoxy) is 2. The molecule has 0 atom stereocenters. The molecule has 0 radical (unpaired) electrons. The van der Waals surface area contributed by atoms with Crippen LogP contribution in [0.1, 0.15) is 21.5 Å². The Morgan fingerprint density at radius 1 is 1.07 bits per heavy atom. The molecule has 0 aliphatic carbocycles. The van der Waals surface area contributed by atoms with Crippen molar-refractivity contribution in [1.82, 2.24) is 10.2 Å². The normalized spacial score (nSPS) is 10.5. The van der Waals surface area contributed by atoms with Gasteiger partial charge in [-0.3, -0.25) is 9.59 Å². The highest BCUT2D eigenvalue weighted by atomic mass is 16.5. The van der Waals surface area contributed by atoms with Gasteiger partial charge in [0, 0.05) is 37.8 Å². The summed E-state index contributed by atoms with van der Waals surface area (Å²) in [7, 11) is 6.48. The van der Waals surface area contributed by atoms with Gasteiger partial charge in [0.05, 0.1) is 14.2 Å². The van der Waals surface area contributed by atoms with Crippen molar-refractivity contribution >= 4 is 17.9 Å². The van der Waals surface area contributed by atoms with Crippen LogP contribution < -0.4 is 14.8 Å². The molecule has 142 valence electrons. The summed E-state index contributed by atoms with van der Waals surface area (Å²) in [6, 6.07) is 12.5. The average Bonchev–Trinajstić information content (AvgIpc) is 2.71. The third-order valence-electron chi connectivity index (χ3n) is 4.08. The number of nitrogens with zero attached hydrogens (tertiary/aromatic N) is 1. The van der Waals surface area contributed by atoms with E-state index in [4.69, 9.17) is 9.47 Å². The molecule has 2 aromatic carbocycles. The molecule has 2 rings (SSSR count). The standard InChI is InChI=1S/C21H24N2O4/c1-22-21(25)16-7-5-15(6-8-16)14-23(2)20(24)12-9-17-13-18(26-3)10-11-19(17)27-4/h5-13H,14H2,1-4H3,(H,22,25)/b12-9+. The summed E-state index contributed by atoms with van der Waals surface area (Å²) < 4.78 is 10.5. The number of carbonyl (C=O) groups is 2. The van der Waals surface area contributed by atoms with E-state index in [-0.39, 0.29) is 11.8 Å². The fourth-order valence-electron chi connectivity index (χ4n) is 2.52. The Hall–Kier alpha value is -3.28. The quantitative estimate of drug-likeness (QED) is 0.763. The molecule has 0 bridgehead atoms. The first-order chi connectivity index (χ1) is 13.0. The van der Waals surface area contributed by atoms with Gasteiger partial charge >= 0.3 is 0 Å². The minimum atomic E-state index is -0.143. The SMILES string of the molecule is CNC(=O)c1ccc(CN(C)C(=O)/C=C/c2cc(OC)ccc2OC)cc1. The first-order valence-electron chi connectivity index (χ1n) is 8.44. The van der Waals surface area contributed by atoms with Gasteiger partial charge in [-0.1, -0.05) is 12.1 Å². The molecule has 2 amide bonds. The summed E-state index contributed by atoms with van der Waals surface area (Å²) in [5, 5.41) is 2.58. The zero-order valence-corrected chi connectivity index (χ0v) is 16.0. The molecular weight excluding hydrogens is 344 g/mol. The first kappa shape index (κ1) is 20.0. The minimum absolute atomic E-state index is 0.138. The lowest BCUT2D eigenvalue weighted by Crippen LogP contribution is -2.24. The minimum Gasteiger partial charge on any atom is -0.497 e. The molecule has 0 heterocycles. The predicted octanol–water partition coefficient (Wildman–Crippen LogP) is 2.74. The maximum absolute atomic E-state index is 12.4. The zero-order chi connectivity index (χ0) is 19.8. The van der Waals surface area contributed by atoms with Crippen LogP contribution in [-0.2, 0) is 11.3 Å². The van der Waals surface area contributed by atoms with Gasteiger partial charge in [0.1, 0.15) is 11.5 Å². The van der Waals surface area contributed by atoms with E-state index in [0.717, 1.165) is 11.1 Å². The summed E-state index contributed by atoms with van der Waals surface area (Å²) in [5.41, 5.74) is 2.28. The Morgan fingerprint density at radius 2 is 1.78 bits per heavy atom. The molecule has 0 aliphatic rings. The lowest BCUT2D eigenvalue weighted by atomic mass is 10.1. The smallest absolute Gasteiger partial charge is 0.251 e. The fraction of sp³-hybridized carbons (Fsp3) is 0.238. The highest BCUT2D eigenvalue weighted by Crippen LogP contribution is 2.25. The first-order valence-corrected chi connectivity index (χ1v) is 8.44. The number of rotatable bonds is 7. The van der Waals surface area contributed by atoms with Crippen molar-refractivity contribution in [2.24, 2.45) is 0 Å². The van der Waals surface area contributed by atoms with Crippen molar-refractivity contribution < 1.29 is 19.1 Å². The van der Waals surface area contributed by atoms with E-state index >= 15 is 0 Å². The highest BCUT2D eigenvalue weighted by molar-refractivity contribution is 5.94. The molecule has 0 fully saturated rings. The van der Waals surface area contributed by atoms with Crippen LogP contribution in [-0.4, -0.2) is 45.0 Å². The van der Waals surface area contributed by atoms with Gasteiger partial charge in [0.15, 0.2) is 0 Å². The topological polar surface area (TPSA) is 67.9 Å². The van der Waals surface area contributed by atoms with Crippen LogP contribution in [0.25, 0.3) is 6.08 Å². The van der Waals surface area contributed by atoms with E-state index in [0.29, 0.717) is 23.6 Å². The van der Waals surface area contributed by atoms with Gasteiger partial charge in [-0.25, -0.2) is 0 Å². The van der Waals surface area contributed by atoms with E-state index in [1.807, 2.05) is 12.1 Å². The van der Waals surface area contributed by atoms with E-state index in [2.05, 4.69) is 5.32 Å². The number of carbonyl (C=O) groups excluding carboxylic acids is 2. The molecule has 6 heteroatoms. The van der Waals surface area contributed by atoms with Crippen LogP contribution >= 0.6 is 0 Å².